The van der Waals surface area contributed by atoms with Gasteiger partial charge in [-0.1, -0.05) is 76.4 Å². The van der Waals surface area contributed by atoms with Gasteiger partial charge in [-0.25, -0.2) is 0 Å². The van der Waals surface area contributed by atoms with Gasteiger partial charge in [-0.3, -0.25) is 9.36 Å². The second kappa shape index (κ2) is 9.96. The Kier molecular flexibility index (Phi) is 7.06. The van der Waals surface area contributed by atoms with E-state index >= 15 is 0 Å². The molecule has 0 saturated carbocycles. The number of aryl methyl sites for hydroxylation is 1. The summed E-state index contributed by atoms with van der Waals surface area (Å²) in [5.41, 5.74) is 3.22. The van der Waals surface area contributed by atoms with Crippen molar-refractivity contribution in [2.45, 2.75) is 12.1 Å². The number of anilines is 1. The zero-order chi connectivity index (χ0) is 22.7. The summed E-state index contributed by atoms with van der Waals surface area (Å²) >= 11 is 19.8. The summed E-state index contributed by atoms with van der Waals surface area (Å²) in [6.45, 7) is 2.02. The zero-order valence-electron chi connectivity index (χ0n) is 16.8. The molecule has 0 radical (unpaired) electrons. The number of hydrogen-bond donors (Lipinski definition) is 1. The fourth-order valence-corrected chi connectivity index (χ4v) is 4.33. The van der Waals surface area contributed by atoms with E-state index in [-0.39, 0.29) is 11.7 Å². The van der Waals surface area contributed by atoms with E-state index in [1.54, 1.807) is 24.3 Å². The van der Waals surface area contributed by atoms with Gasteiger partial charge in [-0.2, -0.15) is 0 Å². The van der Waals surface area contributed by atoms with Gasteiger partial charge in [-0.15, -0.1) is 10.2 Å². The summed E-state index contributed by atoms with van der Waals surface area (Å²) in [4.78, 5) is 12.6. The van der Waals surface area contributed by atoms with Crippen molar-refractivity contribution in [3.05, 3.63) is 87.4 Å². The van der Waals surface area contributed by atoms with Crippen molar-refractivity contribution < 1.29 is 4.79 Å². The Morgan fingerprint density at radius 2 is 1.72 bits per heavy atom. The molecule has 1 aromatic heterocycles. The second-order valence-electron chi connectivity index (χ2n) is 6.92. The molecule has 0 unspecified atom stereocenters. The van der Waals surface area contributed by atoms with Crippen molar-refractivity contribution in [2.75, 3.05) is 11.1 Å². The van der Waals surface area contributed by atoms with E-state index in [9.17, 15) is 4.79 Å². The first-order valence-electron chi connectivity index (χ1n) is 9.57. The minimum absolute atomic E-state index is 0.107. The first-order valence-corrected chi connectivity index (χ1v) is 11.7. The molecule has 1 heterocycles. The van der Waals surface area contributed by atoms with Crippen LogP contribution >= 0.6 is 46.6 Å². The van der Waals surface area contributed by atoms with Crippen molar-refractivity contribution in [3.8, 4) is 17.1 Å². The number of carbonyl (C=O) groups excluding carboxylic acids is 1. The van der Waals surface area contributed by atoms with Crippen LogP contribution in [0, 0.1) is 6.92 Å². The molecule has 0 aliphatic heterocycles. The third kappa shape index (κ3) is 5.10. The fraction of sp³-hybridized carbons (Fsp3) is 0.0870. The Morgan fingerprint density at radius 3 is 2.47 bits per heavy atom. The van der Waals surface area contributed by atoms with Crippen LogP contribution in [-0.4, -0.2) is 26.4 Å². The van der Waals surface area contributed by atoms with Crippen LogP contribution in [-0.2, 0) is 4.79 Å². The van der Waals surface area contributed by atoms with Crippen LogP contribution in [0.5, 0.6) is 0 Å². The van der Waals surface area contributed by atoms with E-state index in [4.69, 9.17) is 34.8 Å². The normalized spacial score (nSPS) is 10.9. The Labute approximate surface area is 204 Å². The average molecular weight is 504 g/mol. The molecule has 3 aromatic carbocycles. The fourth-order valence-electron chi connectivity index (χ4n) is 3.02. The van der Waals surface area contributed by atoms with Gasteiger partial charge in [0, 0.05) is 16.3 Å². The molecule has 1 amide bonds. The monoisotopic (exact) mass is 502 g/mol. The molecule has 32 heavy (non-hydrogen) atoms. The van der Waals surface area contributed by atoms with E-state index in [1.807, 2.05) is 54.0 Å². The molecule has 9 heteroatoms. The Bertz CT molecular complexity index is 1270. The maximum Gasteiger partial charge on any atom is 0.234 e. The lowest BCUT2D eigenvalue weighted by atomic mass is 10.2. The van der Waals surface area contributed by atoms with E-state index in [0.717, 1.165) is 16.8 Å². The van der Waals surface area contributed by atoms with Crippen molar-refractivity contribution in [1.29, 1.82) is 0 Å². The van der Waals surface area contributed by atoms with Crippen molar-refractivity contribution in [3.63, 3.8) is 0 Å². The molecular formula is C23H17Cl3N4OS. The number of aromatic nitrogens is 3. The second-order valence-corrected chi connectivity index (χ2v) is 9.11. The Morgan fingerprint density at radius 1 is 0.969 bits per heavy atom. The van der Waals surface area contributed by atoms with Crippen LogP contribution in [0.15, 0.2) is 71.9 Å². The largest absolute Gasteiger partial charge is 0.324 e. The number of rotatable bonds is 6. The highest BCUT2D eigenvalue weighted by atomic mass is 35.5. The van der Waals surface area contributed by atoms with Gasteiger partial charge in [0.15, 0.2) is 11.0 Å². The number of benzene rings is 3. The number of halogens is 3. The average Bonchev–Trinajstić information content (AvgIpc) is 3.19. The van der Waals surface area contributed by atoms with Gasteiger partial charge in [0.25, 0.3) is 0 Å². The number of hydrogen-bond acceptors (Lipinski definition) is 4. The number of carbonyl (C=O) groups is 1. The van der Waals surface area contributed by atoms with E-state index < -0.39 is 0 Å². The van der Waals surface area contributed by atoms with Crippen molar-refractivity contribution in [2.24, 2.45) is 0 Å². The van der Waals surface area contributed by atoms with Gasteiger partial charge in [0.1, 0.15) is 0 Å². The van der Waals surface area contributed by atoms with Crippen molar-refractivity contribution in [1.82, 2.24) is 14.8 Å². The molecule has 0 saturated heterocycles. The SMILES string of the molecule is Cc1ccc(-n2c(SCC(=O)Nc3cc(Cl)ccc3Cl)nnc2-c2ccccc2Cl)cc1. The standard InChI is InChI=1S/C23H17Cl3N4OS/c1-14-6-9-16(10-7-14)30-22(17-4-2-3-5-18(17)25)28-29-23(30)32-13-21(31)27-20-12-15(24)8-11-19(20)26/h2-12H,13H2,1H3,(H,27,31). The quantitative estimate of drug-likeness (QED) is 0.290. The van der Waals surface area contributed by atoms with Crippen LogP contribution in [0.3, 0.4) is 0 Å². The summed E-state index contributed by atoms with van der Waals surface area (Å²) in [6, 6.07) is 20.3. The van der Waals surface area contributed by atoms with Gasteiger partial charge >= 0.3 is 0 Å². The Hall–Kier alpha value is -2.51. The minimum atomic E-state index is -0.239. The lowest BCUT2D eigenvalue weighted by molar-refractivity contribution is -0.113. The molecular weight excluding hydrogens is 487 g/mol. The molecule has 0 fully saturated rings. The molecule has 1 N–H and O–H groups in total. The molecule has 0 atom stereocenters. The highest BCUT2D eigenvalue weighted by Gasteiger charge is 2.19. The van der Waals surface area contributed by atoms with E-state index in [0.29, 0.717) is 31.7 Å². The molecule has 0 spiro atoms. The van der Waals surface area contributed by atoms with Crippen LogP contribution in [0.1, 0.15) is 5.56 Å². The maximum atomic E-state index is 12.6. The van der Waals surface area contributed by atoms with Crippen LogP contribution in [0.2, 0.25) is 15.1 Å². The molecule has 162 valence electrons. The summed E-state index contributed by atoms with van der Waals surface area (Å²) in [7, 11) is 0. The van der Waals surface area contributed by atoms with E-state index in [1.165, 1.54) is 11.8 Å². The van der Waals surface area contributed by atoms with Crippen molar-refractivity contribution >= 4 is 58.2 Å². The minimum Gasteiger partial charge on any atom is -0.324 e. The summed E-state index contributed by atoms with van der Waals surface area (Å²) in [5.74, 6) is 0.465. The predicted octanol–water partition coefficient (Wildman–Crippen LogP) is 6.93. The third-order valence-electron chi connectivity index (χ3n) is 4.58. The van der Waals surface area contributed by atoms with Gasteiger partial charge in [0.05, 0.1) is 21.5 Å². The molecule has 0 aliphatic rings. The molecule has 5 nitrogen and oxygen atoms in total. The summed E-state index contributed by atoms with van der Waals surface area (Å²) in [5, 5.41) is 13.5. The number of nitrogens with one attached hydrogen (secondary N) is 1. The van der Waals surface area contributed by atoms with Gasteiger partial charge in [0.2, 0.25) is 5.91 Å². The highest BCUT2D eigenvalue weighted by molar-refractivity contribution is 7.99. The predicted molar refractivity (Wildman–Crippen MR) is 132 cm³/mol. The first kappa shape index (κ1) is 22.7. The molecule has 4 aromatic rings. The number of nitrogens with zero attached hydrogens (tertiary/aromatic N) is 3. The number of amides is 1. The lowest BCUT2D eigenvalue weighted by Gasteiger charge is -2.12. The lowest BCUT2D eigenvalue weighted by Crippen LogP contribution is -2.15. The summed E-state index contributed by atoms with van der Waals surface area (Å²) in [6.07, 6.45) is 0. The third-order valence-corrected chi connectivity index (χ3v) is 6.40. The highest BCUT2D eigenvalue weighted by Crippen LogP contribution is 2.32. The summed E-state index contributed by atoms with van der Waals surface area (Å²) < 4.78 is 1.89. The maximum absolute atomic E-state index is 12.6. The van der Waals surface area contributed by atoms with Crippen LogP contribution in [0.25, 0.3) is 17.1 Å². The smallest absolute Gasteiger partial charge is 0.234 e. The van der Waals surface area contributed by atoms with E-state index in [2.05, 4.69) is 15.5 Å². The van der Waals surface area contributed by atoms with Gasteiger partial charge in [-0.05, 0) is 49.4 Å². The topological polar surface area (TPSA) is 59.8 Å². The Balaban J connectivity index is 1.62. The zero-order valence-corrected chi connectivity index (χ0v) is 19.9. The molecule has 0 aliphatic carbocycles. The molecule has 0 bridgehead atoms. The van der Waals surface area contributed by atoms with Gasteiger partial charge < -0.3 is 5.32 Å². The van der Waals surface area contributed by atoms with Crippen LogP contribution in [0.4, 0.5) is 5.69 Å². The van der Waals surface area contributed by atoms with Crippen LogP contribution < -0.4 is 5.32 Å². The molecule has 4 rings (SSSR count). The first-order chi connectivity index (χ1) is 15.4. The number of thioether (sulfide) groups is 1.